The summed E-state index contributed by atoms with van der Waals surface area (Å²) in [6, 6.07) is 10.9. The maximum Gasteiger partial charge on any atom is 0.243 e. The molecule has 10 nitrogen and oxygen atoms in total. The van der Waals surface area contributed by atoms with Crippen molar-refractivity contribution >= 4 is 33.3 Å². The third-order valence-electron chi connectivity index (χ3n) is 6.49. The van der Waals surface area contributed by atoms with Crippen LogP contribution in [0, 0.1) is 11.3 Å². The largest absolute Gasteiger partial charge is 0.384 e. The molecule has 0 radical (unpaired) electrons. The molecule has 1 saturated heterocycles. The van der Waals surface area contributed by atoms with E-state index >= 15 is 0 Å². The summed E-state index contributed by atoms with van der Waals surface area (Å²) in [6.45, 7) is 4.12. The molecule has 1 aliphatic heterocycles. The third-order valence-corrected chi connectivity index (χ3v) is 7.98. The number of benzene rings is 2. The first kappa shape index (κ1) is 28.2. The fourth-order valence-electron chi connectivity index (χ4n) is 4.66. The molecule has 0 saturated carbocycles. The molecule has 0 aromatic heterocycles. The van der Waals surface area contributed by atoms with Crippen LogP contribution in [-0.2, 0) is 29.8 Å². The summed E-state index contributed by atoms with van der Waals surface area (Å²) in [5.41, 5.74) is 9.28. The number of carbonyl (C=O) groups is 3. The van der Waals surface area contributed by atoms with E-state index in [9.17, 15) is 22.8 Å². The number of rotatable bonds is 12. The molecule has 2 aromatic rings. The molecule has 1 fully saturated rings. The van der Waals surface area contributed by atoms with E-state index in [0.717, 1.165) is 0 Å². The average Bonchev–Trinajstić information content (AvgIpc) is 3.39. The van der Waals surface area contributed by atoms with Crippen LogP contribution < -0.4 is 21.5 Å². The summed E-state index contributed by atoms with van der Waals surface area (Å²) >= 11 is 0. The highest BCUT2D eigenvalue weighted by molar-refractivity contribution is 7.89. The van der Waals surface area contributed by atoms with Gasteiger partial charge in [-0.3, -0.25) is 19.8 Å². The maximum absolute atomic E-state index is 14.3. The molecular weight excluding hydrogens is 494 g/mol. The second-order valence-electron chi connectivity index (χ2n) is 9.60. The number of ketones is 2. The Morgan fingerprint density at radius 1 is 1.08 bits per heavy atom. The van der Waals surface area contributed by atoms with E-state index in [0.29, 0.717) is 24.9 Å². The molecular formula is C26H33N5O5S. The number of primary amides is 1. The zero-order chi connectivity index (χ0) is 27.4. The number of nitrogens with one attached hydrogen (secondary N) is 3. The van der Waals surface area contributed by atoms with Gasteiger partial charge in [-0.15, -0.1) is 0 Å². The van der Waals surface area contributed by atoms with Crippen LogP contribution in [0.15, 0.2) is 59.5 Å². The van der Waals surface area contributed by atoms with E-state index in [2.05, 4.69) is 10.0 Å². The molecule has 1 unspecified atom stereocenters. The highest BCUT2D eigenvalue weighted by atomic mass is 32.2. The average molecular weight is 528 g/mol. The van der Waals surface area contributed by atoms with Crippen LogP contribution in [-0.4, -0.2) is 50.4 Å². The summed E-state index contributed by atoms with van der Waals surface area (Å²) < 4.78 is 28.8. The van der Waals surface area contributed by atoms with Crippen molar-refractivity contribution in [2.24, 2.45) is 17.4 Å². The number of hydrogen-bond acceptors (Lipinski definition) is 7. The van der Waals surface area contributed by atoms with Gasteiger partial charge < -0.3 is 16.8 Å². The molecule has 3 atom stereocenters. The van der Waals surface area contributed by atoms with E-state index in [-0.39, 0.29) is 28.6 Å². The zero-order valence-electron chi connectivity index (χ0n) is 20.9. The Morgan fingerprint density at radius 2 is 1.70 bits per heavy atom. The lowest BCUT2D eigenvalue weighted by atomic mass is 9.67. The Labute approximate surface area is 216 Å². The number of nitrogens with two attached hydrogens (primary N) is 2. The minimum absolute atomic E-state index is 0.00126. The normalized spacial score (nSPS) is 18.2. The van der Waals surface area contributed by atoms with Crippen LogP contribution >= 0.6 is 0 Å². The Morgan fingerprint density at radius 3 is 2.19 bits per heavy atom. The van der Waals surface area contributed by atoms with Crippen molar-refractivity contribution in [2.45, 2.75) is 55.5 Å². The Kier molecular flexibility index (Phi) is 8.62. The van der Waals surface area contributed by atoms with E-state index in [1.807, 2.05) is 0 Å². The van der Waals surface area contributed by atoms with Crippen LogP contribution in [0.25, 0.3) is 0 Å². The molecule has 7 N–H and O–H groups in total. The smallest absolute Gasteiger partial charge is 0.243 e. The number of carbonyl (C=O) groups excluding carboxylic acids is 3. The lowest BCUT2D eigenvalue weighted by Crippen LogP contribution is -2.63. The van der Waals surface area contributed by atoms with Gasteiger partial charge in [0.05, 0.1) is 17.0 Å². The molecule has 1 amide bonds. The second kappa shape index (κ2) is 11.3. The Balaban J connectivity index is 2.18. The van der Waals surface area contributed by atoms with Gasteiger partial charge >= 0.3 is 0 Å². The van der Waals surface area contributed by atoms with E-state index in [1.54, 1.807) is 32.0 Å². The minimum atomic E-state index is -4.18. The number of Topliss-reactive ketones (excluding diaryl/α,β-unsaturated/α-hetero) is 2. The fourth-order valence-corrected chi connectivity index (χ4v) is 5.89. The predicted molar refractivity (Wildman–Crippen MR) is 139 cm³/mol. The van der Waals surface area contributed by atoms with E-state index < -0.39 is 45.0 Å². The highest BCUT2D eigenvalue weighted by Gasteiger charge is 2.57. The lowest BCUT2D eigenvalue weighted by Gasteiger charge is -2.34. The summed E-state index contributed by atoms with van der Waals surface area (Å²) in [5.74, 6) is -3.27. The van der Waals surface area contributed by atoms with Gasteiger partial charge in [0.2, 0.25) is 15.9 Å². The Bertz CT molecular complexity index is 1270. The Hall–Kier alpha value is -3.41. The van der Waals surface area contributed by atoms with Crippen molar-refractivity contribution in [2.75, 3.05) is 6.54 Å². The van der Waals surface area contributed by atoms with Gasteiger partial charge in [-0.2, -0.15) is 0 Å². The maximum atomic E-state index is 14.3. The number of amides is 1. The molecule has 198 valence electrons. The fraction of sp³-hybridized carbons (Fsp3) is 0.385. The molecule has 2 aromatic carbocycles. The van der Waals surface area contributed by atoms with Gasteiger partial charge in [-0.1, -0.05) is 56.3 Å². The first-order valence-corrected chi connectivity index (χ1v) is 13.5. The molecule has 0 spiro atoms. The van der Waals surface area contributed by atoms with Crippen molar-refractivity contribution in [3.05, 3.63) is 65.7 Å². The number of amidine groups is 1. The predicted octanol–water partition coefficient (Wildman–Crippen LogP) is 0.977. The van der Waals surface area contributed by atoms with Crippen molar-refractivity contribution in [1.82, 2.24) is 10.0 Å². The molecule has 3 rings (SSSR count). The SMILES string of the molecule is CC(C)C[C@@H](NS(=O)(=O)c1ccccc1)C(=O)C(C(N)=O)(C(=O)[C@H]1CCCN1)c1ccc(C(=N)N)cc1. The molecule has 0 aliphatic carbocycles. The number of nitrogen functional groups attached to an aromatic ring is 1. The quantitative estimate of drug-likeness (QED) is 0.155. The molecule has 0 bridgehead atoms. The first-order chi connectivity index (χ1) is 17.4. The third kappa shape index (κ3) is 5.79. The van der Waals surface area contributed by atoms with Gasteiger partial charge in [0.15, 0.2) is 17.0 Å². The topological polar surface area (TPSA) is 185 Å². The highest BCUT2D eigenvalue weighted by Crippen LogP contribution is 2.33. The number of sulfonamides is 1. The van der Waals surface area contributed by atoms with Crippen LogP contribution in [0.2, 0.25) is 0 Å². The monoisotopic (exact) mass is 527 g/mol. The van der Waals surface area contributed by atoms with E-state index in [4.69, 9.17) is 16.9 Å². The van der Waals surface area contributed by atoms with Crippen LogP contribution in [0.4, 0.5) is 0 Å². The van der Waals surface area contributed by atoms with Gasteiger partial charge in [0.25, 0.3) is 0 Å². The molecule has 1 aliphatic rings. The summed E-state index contributed by atoms with van der Waals surface area (Å²) in [7, 11) is -4.18. The first-order valence-electron chi connectivity index (χ1n) is 12.1. The van der Waals surface area contributed by atoms with Gasteiger partial charge in [-0.05, 0) is 49.4 Å². The molecule has 37 heavy (non-hydrogen) atoms. The van der Waals surface area contributed by atoms with Crippen LogP contribution in [0.3, 0.4) is 0 Å². The van der Waals surface area contributed by atoms with E-state index in [1.165, 1.54) is 36.4 Å². The van der Waals surface area contributed by atoms with Crippen molar-refractivity contribution < 1.29 is 22.8 Å². The van der Waals surface area contributed by atoms with Gasteiger partial charge in [0.1, 0.15) is 5.84 Å². The minimum Gasteiger partial charge on any atom is -0.384 e. The molecule has 11 heteroatoms. The van der Waals surface area contributed by atoms with Crippen LogP contribution in [0.1, 0.15) is 44.2 Å². The van der Waals surface area contributed by atoms with Gasteiger partial charge in [0, 0.05) is 5.56 Å². The second-order valence-corrected chi connectivity index (χ2v) is 11.3. The summed E-state index contributed by atoms with van der Waals surface area (Å²) in [6.07, 6.45) is 1.09. The summed E-state index contributed by atoms with van der Waals surface area (Å²) in [4.78, 5) is 41.4. The zero-order valence-corrected chi connectivity index (χ0v) is 21.7. The van der Waals surface area contributed by atoms with Crippen molar-refractivity contribution in [3.63, 3.8) is 0 Å². The summed E-state index contributed by atoms with van der Waals surface area (Å²) in [5, 5.41) is 10.7. The standard InChI is InChI=1S/C26H33N5O5S/c1-16(2)15-21(31-37(35,36)19-7-4-3-5-8-19)23(33)26(25(29)34,22(32)20-9-6-14-30-20)18-12-10-17(11-13-18)24(27)28/h3-5,7-8,10-13,16,20-21,30-31H,6,9,14-15H2,1-2H3,(H3,27,28)(H2,29,34)/t20-,21-,26?/m1/s1. The van der Waals surface area contributed by atoms with Gasteiger partial charge in [-0.25, -0.2) is 13.1 Å². The number of hydrogen-bond donors (Lipinski definition) is 5. The van der Waals surface area contributed by atoms with Crippen LogP contribution in [0.5, 0.6) is 0 Å². The van der Waals surface area contributed by atoms with Crippen molar-refractivity contribution in [1.29, 1.82) is 5.41 Å². The molecule has 1 heterocycles. The van der Waals surface area contributed by atoms with Crippen molar-refractivity contribution in [3.8, 4) is 0 Å². The lowest BCUT2D eigenvalue weighted by molar-refractivity contribution is -0.144.